The van der Waals surface area contributed by atoms with Crippen LogP contribution in [0.25, 0.3) is 0 Å². The zero-order valence-corrected chi connectivity index (χ0v) is 12.8. The number of hydrogen-bond donors (Lipinski definition) is 1. The van der Waals surface area contributed by atoms with Crippen LogP contribution < -0.4 is 5.73 Å². The van der Waals surface area contributed by atoms with Crippen molar-refractivity contribution in [1.82, 2.24) is 4.90 Å². The average molecular weight is 306 g/mol. The molecule has 5 nitrogen and oxygen atoms in total. The summed E-state index contributed by atoms with van der Waals surface area (Å²) < 4.78 is 5.01. The number of amides is 1. The quantitative estimate of drug-likeness (QED) is 0.669. The molecule has 2 heterocycles. The normalized spacial score (nSPS) is 29.8. The molecular formula is C15H18N2O3S. The molecule has 3 rings (SSSR count). The fourth-order valence-electron chi connectivity index (χ4n) is 2.83. The number of benzene rings is 1. The van der Waals surface area contributed by atoms with Gasteiger partial charge in [-0.1, -0.05) is 30.3 Å². The first-order chi connectivity index (χ1) is 9.92. The molecule has 1 aromatic rings. The molecule has 0 spiro atoms. The molecule has 1 aromatic carbocycles. The molecular weight excluding hydrogens is 288 g/mol. The van der Waals surface area contributed by atoms with Crippen molar-refractivity contribution in [3.63, 3.8) is 0 Å². The lowest BCUT2D eigenvalue weighted by molar-refractivity contribution is -0.163. The SMILES string of the molecule is CC1(C)S[C@H]2[C@@H](N)C(=O)N2[C@H]1C(=O)OCc1ccccc1. The van der Waals surface area contributed by atoms with Crippen molar-refractivity contribution in [3.05, 3.63) is 35.9 Å². The fourth-order valence-corrected chi connectivity index (χ4v) is 4.39. The van der Waals surface area contributed by atoms with Gasteiger partial charge in [-0.05, 0) is 19.4 Å². The first-order valence-corrected chi connectivity index (χ1v) is 7.76. The summed E-state index contributed by atoms with van der Waals surface area (Å²) in [6, 6.07) is 8.43. The van der Waals surface area contributed by atoms with E-state index in [-0.39, 0.29) is 28.6 Å². The number of ether oxygens (including phenoxy) is 1. The van der Waals surface area contributed by atoms with Crippen molar-refractivity contribution in [2.45, 2.75) is 42.7 Å². The van der Waals surface area contributed by atoms with Crippen LogP contribution in [0.3, 0.4) is 0 Å². The predicted octanol–water partition coefficient (Wildman–Crippen LogP) is 1.12. The van der Waals surface area contributed by atoms with Gasteiger partial charge in [-0.3, -0.25) is 4.79 Å². The van der Waals surface area contributed by atoms with E-state index < -0.39 is 12.1 Å². The monoisotopic (exact) mass is 306 g/mol. The third-order valence-corrected chi connectivity index (χ3v) is 5.52. The van der Waals surface area contributed by atoms with Gasteiger partial charge in [-0.15, -0.1) is 11.8 Å². The maximum absolute atomic E-state index is 12.4. The fraction of sp³-hybridized carbons (Fsp3) is 0.467. The van der Waals surface area contributed by atoms with Crippen LogP contribution in [0.15, 0.2) is 30.3 Å². The molecule has 0 unspecified atom stereocenters. The lowest BCUT2D eigenvalue weighted by Crippen LogP contribution is -2.68. The Labute approximate surface area is 127 Å². The molecule has 2 fully saturated rings. The zero-order valence-electron chi connectivity index (χ0n) is 12.0. The highest BCUT2D eigenvalue weighted by molar-refractivity contribution is 8.01. The number of esters is 1. The molecule has 112 valence electrons. The van der Waals surface area contributed by atoms with E-state index in [2.05, 4.69) is 0 Å². The van der Waals surface area contributed by atoms with Crippen molar-refractivity contribution < 1.29 is 14.3 Å². The molecule has 2 aliphatic rings. The van der Waals surface area contributed by atoms with Gasteiger partial charge in [0.1, 0.15) is 24.1 Å². The minimum absolute atomic E-state index is 0.109. The number of fused-ring (bicyclic) bond motifs is 1. The summed E-state index contributed by atoms with van der Waals surface area (Å²) in [6.07, 6.45) is 0. The first-order valence-electron chi connectivity index (χ1n) is 6.88. The highest BCUT2D eigenvalue weighted by atomic mass is 32.2. The van der Waals surface area contributed by atoms with Crippen LogP contribution in [0.2, 0.25) is 0 Å². The summed E-state index contributed by atoms with van der Waals surface area (Å²) in [5, 5.41) is -0.109. The largest absolute Gasteiger partial charge is 0.459 e. The Hall–Kier alpha value is -1.53. The molecule has 21 heavy (non-hydrogen) atoms. The molecule has 2 N–H and O–H groups in total. The number of rotatable bonds is 3. The van der Waals surface area contributed by atoms with E-state index in [0.29, 0.717) is 0 Å². The second-order valence-corrected chi connectivity index (χ2v) is 7.65. The van der Waals surface area contributed by atoms with Gasteiger partial charge in [0.2, 0.25) is 5.91 Å². The third kappa shape index (κ3) is 2.32. The number of β-lactam (4-membered cyclic amide) rings is 1. The van der Waals surface area contributed by atoms with E-state index in [1.165, 1.54) is 0 Å². The van der Waals surface area contributed by atoms with Crippen LogP contribution >= 0.6 is 11.8 Å². The van der Waals surface area contributed by atoms with Crippen LogP contribution in [0.4, 0.5) is 0 Å². The Balaban J connectivity index is 1.70. The average Bonchev–Trinajstić information content (AvgIpc) is 2.74. The Bertz CT molecular complexity index is 576. The molecule has 0 aromatic heterocycles. The lowest BCUT2D eigenvalue weighted by atomic mass is 9.96. The first kappa shape index (κ1) is 14.4. The standard InChI is InChI=1S/C15H18N2O3S/c1-15(2)11(17-12(18)10(16)13(17)21-15)14(19)20-8-9-6-4-3-5-7-9/h3-7,10-11,13H,8,16H2,1-2H3/t10-,11-,13-/m0/s1. The van der Waals surface area contributed by atoms with Gasteiger partial charge in [-0.2, -0.15) is 0 Å². The second-order valence-electron chi connectivity index (χ2n) is 5.88. The van der Waals surface area contributed by atoms with Crippen LogP contribution in [0.5, 0.6) is 0 Å². The van der Waals surface area contributed by atoms with Gasteiger partial charge >= 0.3 is 5.97 Å². The van der Waals surface area contributed by atoms with Crippen LogP contribution in [-0.2, 0) is 20.9 Å². The van der Waals surface area contributed by atoms with E-state index in [1.807, 2.05) is 44.2 Å². The Kier molecular flexibility index (Phi) is 3.45. The highest BCUT2D eigenvalue weighted by Crippen LogP contribution is 2.50. The smallest absolute Gasteiger partial charge is 0.330 e. The molecule has 2 saturated heterocycles. The van der Waals surface area contributed by atoms with Gasteiger partial charge in [0, 0.05) is 4.75 Å². The zero-order chi connectivity index (χ0) is 15.2. The van der Waals surface area contributed by atoms with Crippen LogP contribution in [0, 0.1) is 0 Å². The topological polar surface area (TPSA) is 72.6 Å². The second kappa shape index (κ2) is 5.03. The maximum Gasteiger partial charge on any atom is 0.330 e. The summed E-state index contributed by atoms with van der Waals surface area (Å²) in [6.45, 7) is 4.12. The van der Waals surface area contributed by atoms with Crippen LogP contribution in [0.1, 0.15) is 19.4 Å². The summed E-state index contributed by atoms with van der Waals surface area (Å²) in [4.78, 5) is 25.9. The molecule has 2 aliphatic heterocycles. The molecule has 0 saturated carbocycles. The summed E-state index contributed by atoms with van der Waals surface area (Å²) >= 11 is 1.57. The van der Waals surface area contributed by atoms with Crippen molar-refractivity contribution in [2.24, 2.45) is 5.73 Å². The van der Waals surface area contributed by atoms with Crippen molar-refractivity contribution >= 4 is 23.6 Å². The van der Waals surface area contributed by atoms with Gasteiger partial charge in [0.05, 0.1) is 0 Å². The summed E-state index contributed by atoms with van der Waals surface area (Å²) in [7, 11) is 0. The lowest BCUT2D eigenvalue weighted by Gasteiger charge is -2.41. The van der Waals surface area contributed by atoms with Gasteiger partial charge in [0.15, 0.2) is 0 Å². The predicted molar refractivity (Wildman–Crippen MR) is 80.3 cm³/mol. The van der Waals surface area contributed by atoms with Gasteiger partial charge < -0.3 is 15.4 Å². The number of carbonyl (C=O) groups excluding carboxylic acids is 2. The Morgan fingerprint density at radius 3 is 2.71 bits per heavy atom. The van der Waals surface area contributed by atoms with Crippen molar-refractivity contribution in [2.75, 3.05) is 0 Å². The van der Waals surface area contributed by atoms with E-state index in [9.17, 15) is 9.59 Å². The number of nitrogens with two attached hydrogens (primary N) is 1. The summed E-state index contributed by atoms with van der Waals surface area (Å²) in [5.74, 6) is -0.529. The van der Waals surface area contributed by atoms with Gasteiger partial charge in [-0.25, -0.2) is 4.79 Å². The third-order valence-electron chi connectivity index (χ3n) is 3.93. The minimum Gasteiger partial charge on any atom is -0.459 e. The molecule has 1 amide bonds. The molecule has 0 radical (unpaired) electrons. The summed E-state index contributed by atoms with van der Waals surface area (Å²) in [5.41, 5.74) is 6.72. The van der Waals surface area contributed by atoms with Crippen molar-refractivity contribution in [3.8, 4) is 0 Å². The molecule has 3 atom stereocenters. The van der Waals surface area contributed by atoms with Gasteiger partial charge in [0.25, 0.3) is 0 Å². The number of carbonyl (C=O) groups is 2. The van der Waals surface area contributed by atoms with E-state index in [0.717, 1.165) is 5.56 Å². The van der Waals surface area contributed by atoms with E-state index in [4.69, 9.17) is 10.5 Å². The Morgan fingerprint density at radius 1 is 1.38 bits per heavy atom. The Morgan fingerprint density at radius 2 is 2.05 bits per heavy atom. The van der Waals surface area contributed by atoms with Crippen LogP contribution in [-0.4, -0.2) is 39.0 Å². The van der Waals surface area contributed by atoms with E-state index >= 15 is 0 Å². The molecule has 0 bridgehead atoms. The van der Waals surface area contributed by atoms with E-state index in [1.54, 1.807) is 16.7 Å². The highest BCUT2D eigenvalue weighted by Gasteiger charge is 2.63. The molecule has 0 aliphatic carbocycles. The number of nitrogens with zero attached hydrogens (tertiary/aromatic N) is 1. The number of thioether (sulfide) groups is 1. The molecule has 6 heteroatoms. The minimum atomic E-state index is -0.566. The number of hydrogen-bond acceptors (Lipinski definition) is 5. The maximum atomic E-state index is 12.4. The van der Waals surface area contributed by atoms with Crippen molar-refractivity contribution in [1.29, 1.82) is 0 Å².